The van der Waals surface area contributed by atoms with Gasteiger partial charge in [-0.15, -0.1) is 0 Å². The number of hydrogen-bond acceptors (Lipinski definition) is 30. The Morgan fingerprint density at radius 3 is 0.936 bits per heavy atom. The number of nitrogens with two attached hydrogens (primary N) is 5. The van der Waals surface area contributed by atoms with E-state index >= 15 is 0 Å². The van der Waals surface area contributed by atoms with Crippen LogP contribution < -0.4 is 68.3 Å². The number of rotatable bonds is 27. The molecule has 13 N–H and O–H groups in total. The highest BCUT2D eigenvalue weighted by molar-refractivity contribution is 5.99. The van der Waals surface area contributed by atoms with Crippen LogP contribution in [0.1, 0.15) is 234 Å². The van der Waals surface area contributed by atoms with Crippen molar-refractivity contribution in [3.63, 3.8) is 0 Å². The number of anilines is 5. The molecule has 4 aliphatic carbocycles. The molecule has 752 valence electrons. The molecule has 5 aromatic heterocycles. The molecule has 5 aromatic carbocycles. The molecule has 10 aromatic rings. The minimum Gasteiger partial charge on any atom is -0.492 e. The van der Waals surface area contributed by atoms with Crippen molar-refractivity contribution in [3.05, 3.63) is 150 Å². The predicted octanol–water partition coefficient (Wildman–Crippen LogP) is 17.3. The first-order valence-electron chi connectivity index (χ1n) is 47.1. The first-order valence-corrected chi connectivity index (χ1v) is 47.1. The SMILES string of the molecule is CCCC(=O)NC1CCC(Oc2cccc3nc(C)cc(N)c23)CC1.Cc1cc(N)c2c(OCC(C)(C)C(=O)CC(C)C)cccc2n1.Cc1cc(N)c2c(OCC(C)(C)C(=O)CC3CC3)cccc2n1.Cc1cc(N)c2c(OCC(C)(C)NC(=O)C3CCC(C)CC3)cccc2n1.Cc1cc(N)c2c(OCC(C)(C)NC(=O)C3CCC(C)CC3)cccc2n1.O=C=O.O=C=O.O=C=O.O=C=O.O=C=O. The van der Waals surface area contributed by atoms with E-state index in [1.165, 1.54) is 12.8 Å². The lowest BCUT2D eigenvalue weighted by atomic mass is 9.82. The van der Waals surface area contributed by atoms with Crippen LogP contribution in [0, 0.1) is 81.0 Å². The smallest absolute Gasteiger partial charge is 0.373 e. The molecule has 33 heteroatoms. The van der Waals surface area contributed by atoms with Gasteiger partial charge >= 0.3 is 30.8 Å². The fourth-order valence-corrected chi connectivity index (χ4v) is 16.4. The minimum atomic E-state index is -0.528. The lowest BCUT2D eigenvalue weighted by Gasteiger charge is -2.31. The number of ketones is 2. The van der Waals surface area contributed by atoms with Crippen molar-refractivity contribution >= 4 is 143 Å². The number of nitrogens with zero attached hydrogens (tertiary/aromatic N) is 5. The summed E-state index contributed by atoms with van der Waals surface area (Å²) in [6.45, 7) is 37.4. The molecule has 3 amide bonds. The fourth-order valence-electron chi connectivity index (χ4n) is 16.4. The van der Waals surface area contributed by atoms with E-state index in [0.717, 1.165) is 184 Å². The van der Waals surface area contributed by atoms with Crippen LogP contribution in [0.5, 0.6) is 28.7 Å². The Balaban J connectivity index is 0.000000298. The van der Waals surface area contributed by atoms with Gasteiger partial charge in [-0.3, -0.25) is 48.9 Å². The molecule has 140 heavy (non-hydrogen) atoms. The summed E-state index contributed by atoms with van der Waals surface area (Å²) in [4.78, 5) is 166. The Bertz CT molecular complexity index is 5650. The van der Waals surface area contributed by atoms with Crippen molar-refractivity contribution in [3.8, 4) is 28.7 Å². The van der Waals surface area contributed by atoms with Gasteiger partial charge in [0.25, 0.3) is 0 Å². The maximum Gasteiger partial charge on any atom is 0.373 e. The molecule has 0 unspecified atom stereocenters. The lowest BCUT2D eigenvalue weighted by Crippen LogP contribution is -2.50. The van der Waals surface area contributed by atoms with Crippen LogP contribution in [-0.4, -0.2) is 135 Å². The molecular weight excluding hydrogens is 1790 g/mol. The van der Waals surface area contributed by atoms with Crippen LogP contribution in [0.3, 0.4) is 0 Å². The second-order valence-corrected chi connectivity index (χ2v) is 39.0. The summed E-state index contributed by atoms with van der Waals surface area (Å²) in [5.74, 6) is 7.20. The Morgan fingerprint density at radius 1 is 0.386 bits per heavy atom. The van der Waals surface area contributed by atoms with Crippen molar-refractivity contribution in [2.75, 3.05) is 55.1 Å². The third-order valence-electron chi connectivity index (χ3n) is 23.9. The standard InChI is InChI=1S/2C22H31N3O2.C20H27N3O2.C19H24N2O2.C19H26N2O2.5CO2/c2*1-14-8-10-16(11-9-14)21(26)25-22(3,4)13-27-19-7-5-6-18-20(19)17(23)12-15(2)24-18;1-3-5-19(24)23-14-8-10-15(11-9-14)25-18-7-4-6-17-20(18)16(21)12-13(2)22-17;1-12-9-14(20)18-15(21-12)5-4-6-16(18)23-11-19(2,3)17(22)10-13-7-8-13;1-12(2)9-17(22)19(4,5)11-23-16-8-6-7-15-18(16)14(20)10-13(3)21-15;5*2-1-3/h2*5-7,12,14,16H,8-11,13H2,1-4H3,(H2,23,24)(H,25,26);4,6-7,12,14-15H,3,5,8-11H2,1-2H3,(H2,21,22)(H,23,24);4-6,9,13H,7-8,10-11H2,1-3H3,(H2,20,21);6-8,10,12H,9,11H2,1-5H3,(H2,20,21);;;;;. The highest BCUT2D eigenvalue weighted by Gasteiger charge is 2.36. The monoisotopic (exact) mass is 1930 g/mol. The summed E-state index contributed by atoms with van der Waals surface area (Å²) in [5, 5.41) is 13.6. The molecule has 4 saturated carbocycles. The normalized spacial score (nSPS) is 16.2. The molecule has 0 saturated heterocycles. The number of aromatic nitrogens is 5. The van der Waals surface area contributed by atoms with Gasteiger partial charge in [0.1, 0.15) is 66.7 Å². The van der Waals surface area contributed by atoms with Gasteiger partial charge in [0.05, 0.1) is 82.5 Å². The van der Waals surface area contributed by atoms with Crippen molar-refractivity contribution in [1.82, 2.24) is 40.9 Å². The molecule has 0 atom stereocenters. The van der Waals surface area contributed by atoms with Crippen molar-refractivity contribution in [2.45, 2.75) is 263 Å². The van der Waals surface area contributed by atoms with E-state index in [4.69, 9.17) is 100 Å². The van der Waals surface area contributed by atoms with Crippen molar-refractivity contribution in [1.29, 1.82) is 0 Å². The number of pyridine rings is 5. The Morgan fingerprint density at radius 2 is 0.657 bits per heavy atom. The molecule has 0 spiro atoms. The first kappa shape index (κ1) is 116. The zero-order chi connectivity index (χ0) is 104. The third-order valence-corrected chi connectivity index (χ3v) is 23.9. The second-order valence-electron chi connectivity index (χ2n) is 39.0. The number of nitrogens with one attached hydrogen (secondary N) is 3. The second kappa shape index (κ2) is 56.6. The van der Waals surface area contributed by atoms with Crippen LogP contribution in [0.15, 0.2) is 121 Å². The van der Waals surface area contributed by atoms with Crippen molar-refractivity contribution in [2.24, 2.45) is 46.3 Å². The van der Waals surface area contributed by atoms with E-state index < -0.39 is 21.9 Å². The molecule has 33 nitrogen and oxygen atoms in total. The molecule has 4 aliphatic rings. The van der Waals surface area contributed by atoms with Gasteiger partial charge in [-0.25, -0.2) is 0 Å². The molecule has 14 rings (SSSR count). The van der Waals surface area contributed by atoms with E-state index in [2.05, 4.69) is 54.7 Å². The first-order chi connectivity index (χ1) is 66.2. The highest BCUT2D eigenvalue weighted by Crippen LogP contribution is 2.41. The maximum absolute atomic E-state index is 12.6. The number of Topliss-reactive ketones (excluding diaryl/α,β-unsaturated/α-hetero) is 2. The number of carbonyl (C=O) groups is 5. The summed E-state index contributed by atoms with van der Waals surface area (Å²) >= 11 is 0. The zero-order valence-corrected chi connectivity index (χ0v) is 84.0. The third kappa shape index (κ3) is 37.9. The summed E-state index contributed by atoms with van der Waals surface area (Å²) < 4.78 is 30.4. The number of nitrogen functional groups attached to an aromatic ring is 5. The topological polar surface area (TPSA) is 533 Å². The number of hydrogen-bond donors (Lipinski definition) is 8. The van der Waals surface area contributed by atoms with Gasteiger partial charge in [-0.2, -0.15) is 47.9 Å². The number of ether oxygens (including phenoxy) is 5. The van der Waals surface area contributed by atoms with Crippen molar-refractivity contribution < 1.29 is 95.6 Å². The van der Waals surface area contributed by atoms with Gasteiger partial charge in [0, 0.05) is 94.0 Å². The van der Waals surface area contributed by atoms with E-state index in [-0.39, 0.29) is 84.0 Å². The Kier molecular flexibility index (Phi) is 47.0. The van der Waals surface area contributed by atoms with E-state index in [1.54, 1.807) is 0 Å². The Labute approximate surface area is 818 Å². The van der Waals surface area contributed by atoms with E-state index in [1.807, 2.05) is 232 Å². The number of amides is 3. The van der Waals surface area contributed by atoms with Crippen LogP contribution in [-0.2, 0) is 71.9 Å². The van der Waals surface area contributed by atoms with Gasteiger partial charge in [0.2, 0.25) is 17.7 Å². The summed E-state index contributed by atoms with van der Waals surface area (Å²) in [6.07, 6.45) is 18.8. The number of aryl methyl sites for hydroxylation is 5. The lowest BCUT2D eigenvalue weighted by molar-refractivity contribution is -0.193. The predicted molar refractivity (Wildman–Crippen MR) is 532 cm³/mol. The van der Waals surface area contributed by atoms with Crippen LogP contribution in [0.25, 0.3) is 54.5 Å². The van der Waals surface area contributed by atoms with Crippen LogP contribution in [0.2, 0.25) is 0 Å². The number of benzene rings is 5. The number of fused-ring (bicyclic) bond motifs is 5. The molecule has 0 radical (unpaired) electrons. The largest absolute Gasteiger partial charge is 0.492 e. The molecule has 4 fully saturated rings. The van der Waals surface area contributed by atoms with Crippen LogP contribution in [0.4, 0.5) is 28.4 Å². The maximum atomic E-state index is 12.6. The minimum absolute atomic E-state index is 0.126. The number of carbonyl (C=O) groups excluding carboxylic acids is 15. The van der Waals surface area contributed by atoms with Gasteiger partial charge < -0.3 is 68.3 Å². The van der Waals surface area contributed by atoms with Crippen LogP contribution >= 0.6 is 0 Å². The van der Waals surface area contributed by atoms with E-state index in [0.29, 0.717) is 109 Å². The molecule has 0 bridgehead atoms. The quantitative estimate of drug-likeness (QED) is 0.0237. The summed E-state index contributed by atoms with van der Waals surface area (Å²) in [5.41, 5.74) is 40.8. The molecular formula is C107H139N13O20. The van der Waals surface area contributed by atoms with E-state index in [9.17, 15) is 24.0 Å². The average molecular weight is 1930 g/mol. The molecule has 0 aliphatic heterocycles. The average Bonchev–Trinajstić information content (AvgIpc) is 1.38. The Hall–Kier alpha value is -14.2. The van der Waals surface area contributed by atoms with Gasteiger partial charge in [-0.1, -0.05) is 65.0 Å². The van der Waals surface area contributed by atoms with Gasteiger partial charge in [-0.05, 0) is 301 Å². The van der Waals surface area contributed by atoms with Gasteiger partial charge in [0.15, 0.2) is 0 Å². The summed E-state index contributed by atoms with van der Waals surface area (Å²) in [7, 11) is 0. The summed E-state index contributed by atoms with van der Waals surface area (Å²) in [6, 6.07) is 38.3. The highest BCUT2D eigenvalue weighted by atomic mass is 16.5. The zero-order valence-electron chi connectivity index (χ0n) is 84.0. The molecule has 5 heterocycles. The fraction of sp³-hybridized carbons (Fsp3) is 0.486.